The van der Waals surface area contributed by atoms with Gasteiger partial charge in [-0.25, -0.2) is 13.6 Å². The number of nitrogens with one attached hydrogen (secondary N) is 2. The predicted molar refractivity (Wildman–Crippen MR) is 111 cm³/mol. The van der Waals surface area contributed by atoms with Crippen LogP contribution in [0.3, 0.4) is 0 Å². The second-order valence-electron chi connectivity index (χ2n) is 8.34. The Bertz CT molecular complexity index is 956. The third-order valence-electron chi connectivity index (χ3n) is 6.08. The quantitative estimate of drug-likeness (QED) is 0.757. The normalized spacial score (nSPS) is 21.3. The van der Waals surface area contributed by atoms with Gasteiger partial charge in [0.2, 0.25) is 11.8 Å². The number of hydrogen-bond acceptors (Lipinski definition) is 2. The molecule has 1 saturated carbocycles. The molecule has 1 aliphatic carbocycles. The second-order valence-corrected chi connectivity index (χ2v) is 8.77. The molecule has 6 nitrogen and oxygen atoms in total. The van der Waals surface area contributed by atoms with Crippen molar-refractivity contribution in [3.05, 3.63) is 35.0 Å². The lowest BCUT2D eigenvalue weighted by atomic mass is 9.80. The molecule has 4 rings (SSSR count). The fourth-order valence-electron chi connectivity index (χ4n) is 4.29. The third-order valence-corrected chi connectivity index (χ3v) is 6.32. The number of urea groups is 1. The SMILES string of the molecule is CN(C(=O)NCc1cc2cc(Cl)ccc2[nH]1)C1CCCN(C(=O)C2CC(F)(F)C2)C1. The molecule has 0 spiro atoms. The zero-order valence-corrected chi connectivity index (χ0v) is 17.5. The number of nitrogens with zero attached hydrogens (tertiary/aromatic N) is 2. The number of rotatable bonds is 4. The number of piperidine rings is 1. The van der Waals surface area contributed by atoms with Crippen molar-refractivity contribution < 1.29 is 18.4 Å². The molecular weight excluding hydrogens is 414 g/mol. The number of likely N-dealkylation sites (tertiary alicyclic amines) is 1. The van der Waals surface area contributed by atoms with Gasteiger partial charge in [0.05, 0.1) is 12.6 Å². The Labute approximate surface area is 178 Å². The molecule has 0 radical (unpaired) electrons. The highest BCUT2D eigenvalue weighted by molar-refractivity contribution is 6.31. The second kappa shape index (κ2) is 8.06. The molecule has 2 aromatic rings. The van der Waals surface area contributed by atoms with Crippen molar-refractivity contribution in [2.45, 2.75) is 44.2 Å². The molecule has 2 fully saturated rings. The van der Waals surface area contributed by atoms with Crippen LogP contribution in [-0.4, -0.2) is 58.8 Å². The van der Waals surface area contributed by atoms with Crippen LogP contribution in [0, 0.1) is 5.92 Å². The Morgan fingerprint density at radius 1 is 1.33 bits per heavy atom. The molecule has 1 aromatic carbocycles. The van der Waals surface area contributed by atoms with Gasteiger partial charge >= 0.3 is 6.03 Å². The van der Waals surface area contributed by atoms with Crippen LogP contribution in [0.25, 0.3) is 10.9 Å². The highest BCUT2D eigenvalue weighted by atomic mass is 35.5. The van der Waals surface area contributed by atoms with Crippen LogP contribution in [0.1, 0.15) is 31.4 Å². The number of carbonyl (C=O) groups excluding carboxylic acids is 2. The summed E-state index contributed by atoms with van der Waals surface area (Å²) in [6, 6.07) is 7.12. The largest absolute Gasteiger partial charge is 0.357 e. The Morgan fingerprint density at radius 3 is 2.83 bits per heavy atom. The van der Waals surface area contributed by atoms with E-state index in [4.69, 9.17) is 11.6 Å². The van der Waals surface area contributed by atoms with E-state index in [9.17, 15) is 18.4 Å². The maximum absolute atomic E-state index is 13.1. The van der Waals surface area contributed by atoms with Crippen molar-refractivity contribution in [2.75, 3.05) is 20.1 Å². The highest BCUT2D eigenvalue weighted by Gasteiger charge is 2.50. The molecule has 1 aromatic heterocycles. The van der Waals surface area contributed by atoms with Crippen molar-refractivity contribution in [1.29, 1.82) is 0 Å². The summed E-state index contributed by atoms with van der Waals surface area (Å²) in [5, 5.41) is 4.52. The number of carbonyl (C=O) groups is 2. The minimum absolute atomic E-state index is 0.134. The van der Waals surface area contributed by atoms with Gasteiger partial charge in [0.25, 0.3) is 0 Å². The van der Waals surface area contributed by atoms with E-state index in [1.165, 1.54) is 0 Å². The van der Waals surface area contributed by atoms with Gasteiger partial charge in [-0.3, -0.25) is 4.79 Å². The van der Waals surface area contributed by atoms with Crippen LogP contribution in [0.4, 0.5) is 13.6 Å². The molecule has 1 atom stereocenters. The number of alkyl halides is 2. The van der Waals surface area contributed by atoms with Crippen LogP contribution in [0.2, 0.25) is 5.02 Å². The number of halogens is 3. The lowest BCUT2D eigenvalue weighted by Crippen LogP contribution is -2.55. The summed E-state index contributed by atoms with van der Waals surface area (Å²) in [7, 11) is 1.70. The van der Waals surface area contributed by atoms with Gasteiger partial charge in [0.1, 0.15) is 0 Å². The lowest BCUT2D eigenvalue weighted by Gasteiger charge is -2.42. The molecule has 3 amide bonds. The molecule has 1 saturated heterocycles. The van der Waals surface area contributed by atoms with Gasteiger partial charge in [-0.15, -0.1) is 0 Å². The van der Waals surface area contributed by atoms with E-state index in [0.717, 1.165) is 29.4 Å². The van der Waals surface area contributed by atoms with Crippen LogP contribution in [0.15, 0.2) is 24.3 Å². The summed E-state index contributed by atoms with van der Waals surface area (Å²) in [5.74, 6) is -3.51. The Kier molecular flexibility index (Phi) is 5.61. The highest BCUT2D eigenvalue weighted by Crippen LogP contribution is 2.43. The van der Waals surface area contributed by atoms with E-state index in [0.29, 0.717) is 24.7 Å². The van der Waals surface area contributed by atoms with Crippen LogP contribution in [-0.2, 0) is 11.3 Å². The minimum Gasteiger partial charge on any atom is -0.357 e. The predicted octanol–water partition coefficient (Wildman–Crippen LogP) is 4.00. The van der Waals surface area contributed by atoms with E-state index in [2.05, 4.69) is 10.3 Å². The van der Waals surface area contributed by atoms with Crippen LogP contribution < -0.4 is 5.32 Å². The number of hydrogen-bond donors (Lipinski definition) is 2. The lowest BCUT2D eigenvalue weighted by molar-refractivity contribution is -0.161. The maximum atomic E-state index is 13.1. The summed E-state index contributed by atoms with van der Waals surface area (Å²) in [6.07, 6.45) is 0.803. The van der Waals surface area contributed by atoms with Crippen molar-refractivity contribution in [3.63, 3.8) is 0 Å². The van der Waals surface area contributed by atoms with Crippen molar-refractivity contribution in [1.82, 2.24) is 20.1 Å². The number of aromatic amines is 1. The van der Waals surface area contributed by atoms with Gasteiger partial charge in [-0.1, -0.05) is 11.6 Å². The summed E-state index contributed by atoms with van der Waals surface area (Å²) in [5.41, 5.74) is 1.81. The number of amides is 3. The first-order valence-corrected chi connectivity index (χ1v) is 10.5. The first-order valence-electron chi connectivity index (χ1n) is 10.2. The van der Waals surface area contributed by atoms with Gasteiger partial charge in [-0.2, -0.15) is 0 Å². The van der Waals surface area contributed by atoms with Gasteiger partial charge in [0.15, 0.2) is 0 Å². The number of aromatic nitrogens is 1. The van der Waals surface area contributed by atoms with Crippen molar-refractivity contribution in [2.24, 2.45) is 5.92 Å². The molecule has 2 N–H and O–H groups in total. The summed E-state index contributed by atoms with van der Waals surface area (Å²) >= 11 is 6.01. The number of fused-ring (bicyclic) bond motifs is 1. The molecule has 0 bridgehead atoms. The van der Waals surface area contributed by atoms with E-state index >= 15 is 0 Å². The third kappa shape index (κ3) is 4.38. The van der Waals surface area contributed by atoms with Crippen LogP contribution >= 0.6 is 11.6 Å². The number of H-pyrrole nitrogens is 1. The Hall–Kier alpha value is -2.35. The fourth-order valence-corrected chi connectivity index (χ4v) is 4.47. The monoisotopic (exact) mass is 438 g/mol. The van der Waals surface area contributed by atoms with E-state index in [1.807, 2.05) is 18.2 Å². The molecule has 1 aliphatic heterocycles. The molecule has 30 heavy (non-hydrogen) atoms. The Morgan fingerprint density at radius 2 is 2.10 bits per heavy atom. The zero-order chi connectivity index (χ0) is 21.5. The summed E-state index contributed by atoms with van der Waals surface area (Å²) in [4.78, 5) is 31.6. The molecular formula is C21H25ClF2N4O2. The van der Waals surface area contributed by atoms with Crippen molar-refractivity contribution in [3.8, 4) is 0 Å². The van der Waals surface area contributed by atoms with Gasteiger partial charge in [0, 0.05) is 60.5 Å². The fraction of sp³-hybridized carbons (Fsp3) is 0.524. The molecule has 9 heteroatoms. The molecule has 2 aliphatic rings. The molecule has 162 valence electrons. The summed E-state index contributed by atoms with van der Waals surface area (Å²) < 4.78 is 26.2. The first kappa shape index (κ1) is 20.9. The topological polar surface area (TPSA) is 68.4 Å². The van der Waals surface area contributed by atoms with Crippen molar-refractivity contribution >= 4 is 34.4 Å². The zero-order valence-electron chi connectivity index (χ0n) is 16.8. The molecule has 2 heterocycles. The number of likely N-dealkylation sites (N-methyl/N-ethyl adjacent to an activating group) is 1. The average molecular weight is 439 g/mol. The first-order chi connectivity index (χ1) is 14.2. The van der Waals surface area contributed by atoms with Gasteiger partial charge in [-0.05, 0) is 37.1 Å². The average Bonchev–Trinajstić information content (AvgIpc) is 3.11. The van der Waals surface area contributed by atoms with Gasteiger partial charge < -0.3 is 20.1 Å². The Balaban J connectivity index is 1.31. The standard InChI is InChI=1S/C21H25ClF2N4O2/c1-27(17-3-2-6-28(12-17)19(29)14-9-21(23,24)10-14)20(30)25-11-16-8-13-7-15(22)4-5-18(13)26-16/h4-5,7-8,14,17,26H,2-3,6,9-12H2,1H3,(H,25,30). The molecule has 1 unspecified atom stereocenters. The number of benzene rings is 1. The smallest absolute Gasteiger partial charge is 0.317 e. The van der Waals surface area contributed by atoms with E-state index in [1.54, 1.807) is 22.9 Å². The minimum atomic E-state index is -2.71. The maximum Gasteiger partial charge on any atom is 0.317 e. The van der Waals surface area contributed by atoms with E-state index in [-0.39, 0.29) is 30.8 Å². The van der Waals surface area contributed by atoms with Crippen LogP contribution in [0.5, 0.6) is 0 Å². The van der Waals surface area contributed by atoms with E-state index < -0.39 is 11.8 Å². The summed E-state index contributed by atoms with van der Waals surface area (Å²) in [6.45, 7) is 1.28.